The second-order valence-electron chi connectivity index (χ2n) is 2.68. The molecule has 0 spiro atoms. The fourth-order valence-electron chi connectivity index (χ4n) is 1.16. The van der Waals surface area contributed by atoms with E-state index in [0.717, 1.165) is 16.7 Å². The summed E-state index contributed by atoms with van der Waals surface area (Å²) in [5, 5.41) is 1.37. The van der Waals surface area contributed by atoms with E-state index in [1.165, 1.54) is 0 Å². The Morgan fingerprint density at radius 3 is 2.77 bits per heavy atom. The van der Waals surface area contributed by atoms with Crippen LogP contribution < -0.4 is 0 Å². The van der Waals surface area contributed by atoms with Gasteiger partial charge in [0, 0.05) is 5.69 Å². The van der Waals surface area contributed by atoms with Gasteiger partial charge in [-0.05, 0) is 34.0 Å². The fourth-order valence-corrected chi connectivity index (χ4v) is 1.86. The maximum Gasteiger partial charge on any atom is 0.225 e. The minimum atomic E-state index is 0.166. The minimum absolute atomic E-state index is 0.166. The van der Waals surface area contributed by atoms with Gasteiger partial charge in [0.2, 0.25) is 5.28 Å². The van der Waals surface area contributed by atoms with Crippen molar-refractivity contribution in [3.63, 3.8) is 0 Å². The lowest BCUT2D eigenvalue weighted by atomic mass is 10.4. The Morgan fingerprint density at radius 2 is 2.08 bits per heavy atom. The summed E-state index contributed by atoms with van der Waals surface area (Å²) in [6.07, 6.45) is 0. The van der Waals surface area contributed by atoms with Gasteiger partial charge in [0.05, 0.1) is 5.39 Å². The van der Waals surface area contributed by atoms with Crippen LogP contribution in [0.15, 0.2) is 6.07 Å². The second-order valence-corrected chi connectivity index (χ2v) is 3.89. The third kappa shape index (κ3) is 1.41. The van der Waals surface area contributed by atoms with Crippen LogP contribution in [-0.4, -0.2) is 14.3 Å². The normalized spacial score (nSPS) is 11.1. The molecule has 0 aliphatic rings. The van der Waals surface area contributed by atoms with Gasteiger partial charge < -0.3 is 4.34 Å². The van der Waals surface area contributed by atoms with E-state index in [0.29, 0.717) is 5.15 Å². The van der Waals surface area contributed by atoms with Crippen LogP contribution in [0, 0.1) is 6.92 Å². The first kappa shape index (κ1) is 9.20. The Hall–Kier alpha value is -0.370. The summed E-state index contributed by atoms with van der Waals surface area (Å²) in [7, 11) is 2.54. The van der Waals surface area contributed by atoms with Crippen molar-refractivity contribution in [1.82, 2.24) is 14.3 Å². The second kappa shape index (κ2) is 3.09. The van der Waals surface area contributed by atoms with Crippen molar-refractivity contribution in [3.8, 4) is 0 Å². The molecule has 13 heavy (non-hydrogen) atoms. The summed E-state index contributed by atoms with van der Waals surface area (Å²) in [6.45, 7) is 1.96. The molecule has 0 aliphatic carbocycles. The topological polar surface area (TPSA) is 30.7 Å². The Morgan fingerprint density at radius 1 is 1.38 bits per heavy atom. The summed E-state index contributed by atoms with van der Waals surface area (Å²) in [5.41, 5.74) is 1.77. The molecule has 2 aromatic rings. The third-order valence-electron chi connectivity index (χ3n) is 1.81. The van der Waals surface area contributed by atoms with Gasteiger partial charge in [-0.1, -0.05) is 11.6 Å². The molecule has 1 unspecified atom stereocenters. The Kier molecular flexibility index (Phi) is 2.18. The van der Waals surface area contributed by atoms with Crippen LogP contribution in [0.1, 0.15) is 5.69 Å². The zero-order valence-corrected chi connectivity index (χ0v) is 9.42. The molecule has 2 heterocycles. The summed E-state index contributed by atoms with van der Waals surface area (Å²) >= 11 is 11.6. The predicted octanol–water partition coefficient (Wildman–Crippen LogP) is 2.68. The van der Waals surface area contributed by atoms with E-state index in [4.69, 9.17) is 23.2 Å². The Bertz CT molecular complexity index is 480. The molecule has 0 aromatic carbocycles. The van der Waals surface area contributed by atoms with Gasteiger partial charge in [-0.3, -0.25) is 0 Å². The van der Waals surface area contributed by atoms with Gasteiger partial charge in [-0.15, -0.1) is 0 Å². The molecule has 0 amide bonds. The van der Waals surface area contributed by atoms with Crippen LogP contribution in [0.5, 0.6) is 0 Å². The average molecular weight is 234 g/mol. The molecular formula is C7H6Cl2N3P. The lowest BCUT2D eigenvalue weighted by Gasteiger charge is -1.97. The van der Waals surface area contributed by atoms with Gasteiger partial charge >= 0.3 is 0 Å². The first-order valence-electron chi connectivity index (χ1n) is 3.56. The number of hydrogen-bond acceptors (Lipinski definition) is 2. The highest BCUT2D eigenvalue weighted by Gasteiger charge is 2.09. The smallest absolute Gasteiger partial charge is 0.225 e. The summed E-state index contributed by atoms with van der Waals surface area (Å²) in [6, 6.07) is 1.92. The Labute approximate surface area is 87.3 Å². The minimum Gasteiger partial charge on any atom is -0.314 e. The van der Waals surface area contributed by atoms with Gasteiger partial charge in [0.25, 0.3) is 0 Å². The number of hydrogen-bond donors (Lipinski definition) is 0. The summed E-state index contributed by atoms with van der Waals surface area (Å²) in [4.78, 5) is 7.92. The van der Waals surface area contributed by atoms with E-state index < -0.39 is 0 Å². The van der Waals surface area contributed by atoms with Crippen molar-refractivity contribution in [1.29, 1.82) is 0 Å². The molecular weight excluding hydrogens is 228 g/mol. The van der Waals surface area contributed by atoms with Crippen molar-refractivity contribution < 1.29 is 0 Å². The van der Waals surface area contributed by atoms with Crippen molar-refractivity contribution >= 4 is 43.6 Å². The molecule has 0 aliphatic heterocycles. The van der Waals surface area contributed by atoms with Crippen LogP contribution in [-0.2, 0) is 0 Å². The van der Waals surface area contributed by atoms with E-state index in [1.807, 2.05) is 17.3 Å². The quantitative estimate of drug-likeness (QED) is 0.398. The van der Waals surface area contributed by atoms with Crippen LogP contribution in [0.2, 0.25) is 10.4 Å². The lowest BCUT2D eigenvalue weighted by molar-refractivity contribution is 1.14. The molecule has 2 rings (SSSR count). The van der Waals surface area contributed by atoms with E-state index in [9.17, 15) is 0 Å². The number of aryl methyl sites for hydroxylation is 1. The van der Waals surface area contributed by atoms with E-state index in [-0.39, 0.29) is 5.28 Å². The number of nitrogens with zero attached hydrogens (tertiary/aromatic N) is 3. The number of aromatic nitrogens is 3. The molecule has 0 saturated carbocycles. The molecule has 0 N–H and O–H groups in total. The standard InChI is InChI=1S/C7H6Cl2N3P/c1-3-2-4-5(8)10-7(9)11-6(4)12(3)13/h2H,13H2,1H3. The SMILES string of the molecule is Cc1cc2c(Cl)nc(Cl)nc2n1P. The molecule has 3 nitrogen and oxygen atoms in total. The predicted molar refractivity (Wildman–Crippen MR) is 57.4 cm³/mol. The van der Waals surface area contributed by atoms with Gasteiger partial charge in [0.1, 0.15) is 10.8 Å². The van der Waals surface area contributed by atoms with E-state index in [2.05, 4.69) is 19.4 Å². The van der Waals surface area contributed by atoms with Crippen LogP contribution in [0.25, 0.3) is 11.0 Å². The number of fused-ring (bicyclic) bond motifs is 1. The fraction of sp³-hybridized carbons (Fsp3) is 0.143. The number of rotatable bonds is 0. The number of halogens is 2. The zero-order chi connectivity index (χ0) is 9.59. The lowest BCUT2D eigenvalue weighted by Crippen LogP contribution is -1.88. The summed E-state index contributed by atoms with van der Waals surface area (Å²) in [5.74, 6) is 0. The molecule has 68 valence electrons. The molecule has 0 fully saturated rings. The molecule has 0 saturated heterocycles. The first-order valence-corrected chi connectivity index (χ1v) is 4.83. The van der Waals surface area contributed by atoms with Crippen molar-refractivity contribution in [2.24, 2.45) is 0 Å². The largest absolute Gasteiger partial charge is 0.314 e. The van der Waals surface area contributed by atoms with E-state index in [1.54, 1.807) is 0 Å². The highest BCUT2D eigenvalue weighted by Crippen LogP contribution is 2.26. The van der Waals surface area contributed by atoms with Crippen LogP contribution >= 0.6 is 32.6 Å². The molecule has 2 aromatic heterocycles. The molecule has 0 bridgehead atoms. The van der Waals surface area contributed by atoms with Crippen LogP contribution in [0.4, 0.5) is 0 Å². The summed E-state index contributed by atoms with van der Waals surface area (Å²) < 4.78 is 1.84. The Balaban J connectivity index is 2.94. The van der Waals surface area contributed by atoms with Crippen LogP contribution in [0.3, 0.4) is 0 Å². The van der Waals surface area contributed by atoms with Gasteiger partial charge in [-0.25, -0.2) is 4.98 Å². The van der Waals surface area contributed by atoms with E-state index >= 15 is 0 Å². The van der Waals surface area contributed by atoms with Crippen molar-refractivity contribution in [2.75, 3.05) is 0 Å². The third-order valence-corrected chi connectivity index (χ3v) is 2.92. The average Bonchev–Trinajstić information content (AvgIpc) is 2.32. The van der Waals surface area contributed by atoms with Gasteiger partial charge in [-0.2, -0.15) is 4.98 Å². The van der Waals surface area contributed by atoms with Crippen molar-refractivity contribution in [2.45, 2.75) is 6.92 Å². The monoisotopic (exact) mass is 233 g/mol. The maximum absolute atomic E-state index is 5.89. The highest BCUT2D eigenvalue weighted by molar-refractivity contribution is 7.15. The molecule has 0 radical (unpaired) electrons. The maximum atomic E-state index is 5.89. The van der Waals surface area contributed by atoms with Gasteiger partial charge in [0.15, 0.2) is 0 Å². The zero-order valence-electron chi connectivity index (χ0n) is 6.75. The molecule has 1 atom stereocenters. The highest BCUT2D eigenvalue weighted by atomic mass is 35.5. The first-order chi connectivity index (χ1) is 6.09. The van der Waals surface area contributed by atoms with Crippen molar-refractivity contribution in [3.05, 3.63) is 22.2 Å². The molecule has 6 heteroatoms.